The molecule has 0 N–H and O–H groups in total. The molecule has 0 amide bonds. The van der Waals surface area contributed by atoms with Gasteiger partial charge >= 0.3 is 0 Å². The summed E-state index contributed by atoms with van der Waals surface area (Å²) in [6.45, 7) is 3.92. The smallest absolute Gasteiger partial charge is 0.294 e. The lowest BCUT2D eigenvalue weighted by Crippen LogP contribution is -2.22. The summed E-state index contributed by atoms with van der Waals surface area (Å²) in [7, 11) is 0. The van der Waals surface area contributed by atoms with Crippen molar-refractivity contribution in [2.24, 2.45) is 0 Å². The Morgan fingerprint density at radius 2 is 2.33 bits per heavy atom. The zero-order valence-electron chi connectivity index (χ0n) is 7.02. The molecule has 0 aromatic carbocycles. The van der Waals surface area contributed by atoms with Crippen molar-refractivity contribution in [3.8, 4) is 0 Å². The summed E-state index contributed by atoms with van der Waals surface area (Å²) in [5.41, 5.74) is -0.0622. The van der Waals surface area contributed by atoms with E-state index in [1.165, 1.54) is 0 Å². The number of carbonyl (C=O) groups excluding carboxylic acids is 1. The summed E-state index contributed by atoms with van der Waals surface area (Å²) >= 11 is 0. The van der Waals surface area contributed by atoms with Crippen LogP contribution in [-0.2, 0) is 15.1 Å². The highest BCUT2D eigenvalue weighted by molar-refractivity contribution is 5.39. The third kappa shape index (κ3) is 1.78. The van der Waals surface area contributed by atoms with Crippen LogP contribution in [-0.4, -0.2) is 16.7 Å². The van der Waals surface area contributed by atoms with Crippen molar-refractivity contribution in [1.29, 1.82) is 0 Å². The summed E-state index contributed by atoms with van der Waals surface area (Å²) < 4.78 is 4.83. The van der Waals surface area contributed by atoms with Gasteiger partial charge in [-0.25, -0.2) is 0 Å². The van der Waals surface area contributed by atoms with Crippen LogP contribution >= 0.6 is 0 Å². The van der Waals surface area contributed by atoms with Crippen LogP contribution in [0.15, 0.2) is 18.3 Å². The Bertz CT molecular complexity index is 259. The minimum Gasteiger partial charge on any atom is -0.455 e. The van der Waals surface area contributed by atoms with Crippen molar-refractivity contribution in [3.63, 3.8) is 0 Å². The first kappa shape index (κ1) is 8.64. The summed E-state index contributed by atoms with van der Waals surface area (Å²) in [6, 6.07) is 3.51. The molecule has 0 radical (unpaired) electrons. The molecule has 0 aliphatic carbocycles. The van der Waals surface area contributed by atoms with E-state index >= 15 is 0 Å². The fourth-order valence-electron chi connectivity index (χ4n) is 0.803. The van der Waals surface area contributed by atoms with Gasteiger partial charge in [0.15, 0.2) is 0 Å². The largest absolute Gasteiger partial charge is 0.455 e. The lowest BCUT2D eigenvalue weighted by molar-refractivity contribution is -0.141. The SMILES string of the molecule is CC(C)(OC=O)c1cccnn1. The molecule has 0 fully saturated rings. The Morgan fingerprint density at radius 3 is 2.83 bits per heavy atom. The average Bonchev–Trinajstić information content (AvgIpc) is 2.06. The molecule has 12 heavy (non-hydrogen) atoms. The average molecular weight is 166 g/mol. The normalized spacial score (nSPS) is 10.8. The van der Waals surface area contributed by atoms with Crippen LogP contribution < -0.4 is 0 Å². The second-order valence-corrected chi connectivity index (χ2v) is 2.83. The second-order valence-electron chi connectivity index (χ2n) is 2.83. The molecule has 0 aliphatic rings. The monoisotopic (exact) mass is 166 g/mol. The van der Waals surface area contributed by atoms with E-state index in [1.807, 2.05) is 0 Å². The Balaban J connectivity index is 2.89. The van der Waals surface area contributed by atoms with E-state index in [0.717, 1.165) is 0 Å². The van der Waals surface area contributed by atoms with Gasteiger partial charge in [0.25, 0.3) is 6.47 Å². The first-order chi connectivity index (χ1) is 5.67. The molecule has 0 unspecified atom stereocenters. The molecule has 4 nitrogen and oxygen atoms in total. The molecule has 1 heterocycles. The summed E-state index contributed by atoms with van der Waals surface area (Å²) in [6.07, 6.45) is 1.57. The zero-order valence-corrected chi connectivity index (χ0v) is 7.02. The molecule has 1 aromatic rings. The maximum absolute atomic E-state index is 10.1. The van der Waals surface area contributed by atoms with Gasteiger partial charge in [0, 0.05) is 6.20 Å². The first-order valence-electron chi connectivity index (χ1n) is 3.56. The Kier molecular flexibility index (Phi) is 2.38. The first-order valence-corrected chi connectivity index (χ1v) is 3.56. The maximum Gasteiger partial charge on any atom is 0.294 e. The van der Waals surface area contributed by atoms with Gasteiger partial charge in [0.05, 0.1) is 0 Å². The minimum absolute atomic E-state index is 0.411. The molecular weight excluding hydrogens is 156 g/mol. The van der Waals surface area contributed by atoms with Crippen LogP contribution in [0.1, 0.15) is 19.5 Å². The van der Waals surface area contributed by atoms with Crippen LogP contribution in [0.4, 0.5) is 0 Å². The highest BCUT2D eigenvalue weighted by Crippen LogP contribution is 2.20. The molecule has 4 heteroatoms. The van der Waals surface area contributed by atoms with Crippen molar-refractivity contribution >= 4 is 6.47 Å². The molecule has 0 atom stereocenters. The van der Waals surface area contributed by atoms with Gasteiger partial charge in [0.1, 0.15) is 11.3 Å². The lowest BCUT2D eigenvalue weighted by atomic mass is 10.1. The van der Waals surface area contributed by atoms with Crippen molar-refractivity contribution < 1.29 is 9.53 Å². The molecule has 1 rings (SSSR count). The van der Waals surface area contributed by atoms with Crippen LogP contribution in [0.2, 0.25) is 0 Å². The van der Waals surface area contributed by atoms with E-state index < -0.39 is 5.60 Å². The quantitative estimate of drug-likeness (QED) is 0.625. The van der Waals surface area contributed by atoms with Crippen LogP contribution in [0.25, 0.3) is 0 Å². The van der Waals surface area contributed by atoms with Gasteiger partial charge in [-0.15, -0.1) is 0 Å². The molecule has 64 valence electrons. The number of rotatable bonds is 3. The fraction of sp³-hybridized carbons (Fsp3) is 0.375. The topological polar surface area (TPSA) is 52.1 Å². The van der Waals surface area contributed by atoms with Gasteiger partial charge in [-0.05, 0) is 26.0 Å². The van der Waals surface area contributed by atoms with E-state index in [9.17, 15) is 4.79 Å². The zero-order chi connectivity index (χ0) is 9.03. The Morgan fingerprint density at radius 1 is 1.58 bits per heavy atom. The van der Waals surface area contributed by atoms with Gasteiger partial charge in [-0.3, -0.25) is 4.79 Å². The fourth-order valence-corrected chi connectivity index (χ4v) is 0.803. The Hall–Kier alpha value is -1.45. The second kappa shape index (κ2) is 3.30. The van der Waals surface area contributed by atoms with Gasteiger partial charge < -0.3 is 4.74 Å². The van der Waals surface area contributed by atoms with E-state index in [1.54, 1.807) is 32.2 Å². The standard InChI is InChI=1S/C8H10N2O2/c1-8(2,12-6-11)7-4-3-5-9-10-7/h3-6H,1-2H3. The third-order valence-electron chi connectivity index (χ3n) is 1.53. The number of carbonyl (C=O) groups is 1. The molecule has 0 spiro atoms. The highest BCUT2D eigenvalue weighted by atomic mass is 16.5. The molecule has 0 bridgehead atoms. The van der Waals surface area contributed by atoms with Crippen molar-refractivity contribution in [3.05, 3.63) is 24.0 Å². The van der Waals surface area contributed by atoms with Crippen molar-refractivity contribution in [2.45, 2.75) is 19.4 Å². The van der Waals surface area contributed by atoms with E-state index in [-0.39, 0.29) is 0 Å². The van der Waals surface area contributed by atoms with Gasteiger partial charge in [-0.1, -0.05) is 0 Å². The Labute approximate surface area is 70.6 Å². The molecule has 0 saturated heterocycles. The number of hydrogen-bond donors (Lipinski definition) is 0. The number of nitrogens with zero attached hydrogens (tertiary/aromatic N) is 2. The lowest BCUT2D eigenvalue weighted by Gasteiger charge is -2.20. The van der Waals surface area contributed by atoms with Crippen LogP contribution in [0, 0.1) is 0 Å². The van der Waals surface area contributed by atoms with E-state index in [0.29, 0.717) is 12.2 Å². The van der Waals surface area contributed by atoms with E-state index in [2.05, 4.69) is 10.2 Å². The number of aromatic nitrogens is 2. The van der Waals surface area contributed by atoms with E-state index in [4.69, 9.17) is 4.74 Å². The minimum atomic E-state index is -0.698. The van der Waals surface area contributed by atoms with Crippen LogP contribution in [0.3, 0.4) is 0 Å². The maximum atomic E-state index is 10.1. The molecule has 0 aliphatic heterocycles. The predicted molar refractivity (Wildman–Crippen MR) is 42.2 cm³/mol. The number of hydrogen-bond acceptors (Lipinski definition) is 4. The summed E-state index contributed by atoms with van der Waals surface area (Å²) in [5.74, 6) is 0. The van der Waals surface area contributed by atoms with Gasteiger partial charge in [0.2, 0.25) is 0 Å². The molecular formula is C8H10N2O2. The molecule has 1 aromatic heterocycles. The summed E-state index contributed by atoms with van der Waals surface area (Å²) in [4.78, 5) is 10.1. The number of ether oxygens (including phenoxy) is 1. The van der Waals surface area contributed by atoms with Crippen LogP contribution in [0.5, 0.6) is 0 Å². The molecule has 0 saturated carbocycles. The van der Waals surface area contributed by atoms with Crippen molar-refractivity contribution in [2.75, 3.05) is 0 Å². The summed E-state index contributed by atoms with van der Waals surface area (Å²) in [5, 5.41) is 7.52. The van der Waals surface area contributed by atoms with Gasteiger partial charge in [-0.2, -0.15) is 10.2 Å². The third-order valence-corrected chi connectivity index (χ3v) is 1.53. The van der Waals surface area contributed by atoms with Crippen molar-refractivity contribution in [1.82, 2.24) is 10.2 Å². The highest BCUT2D eigenvalue weighted by Gasteiger charge is 2.23. The predicted octanol–water partition coefficient (Wildman–Crippen LogP) is 0.885.